The average Bonchev–Trinajstić information content (AvgIpc) is 2.21. The second-order valence-electron chi connectivity index (χ2n) is 3.74. The zero-order chi connectivity index (χ0) is 11.6. The molecule has 0 amide bonds. The summed E-state index contributed by atoms with van der Waals surface area (Å²) in [5.41, 5.74) is 6.87. The highest BCUT2D eigenvalue weighted by atomic mass is 79.9. The van der Waals surface area contributed by atoms with E-state index in [4.69, 9.17) is 5.73 Å². The van der Waals surface area contributed by atoms with Gasteiger partial charge in [0.2, 0.25) is 0 Å². The molecular formula is C11H15Br2NO. The molecule has 1 unspecified atom stereocenters. The van der Waals surface area contributed by atoms with Crippen molar-refractivity contribution >= 4 is 31.9 Å². The smallest absolute Gasteiger partial charge is 0.134 e. The van der Waals surface area contributed by atoms with Crippen LogP contribution in [0.3, 0.4) is 0 Å². The summed E-state index contributed by atoms with van der Waals surface area (Å²) < 4.78 is 1.59. The molecule has 0 saturated heterocycles. The maximum absolute atomic E-state index is 9.89. The summed E-state index contributed by atoms with van der Waals surface area (Å²) in [5, 5.41) is 9.89. The lowest BCUT2D eigenvalue weighted by Crippen LogP contribution is -2.18. The zero-order valence-electron chi connectivity index (χ0n) is 8.80. The van der Waals surface area contributed by atoms with Gasteiger partial charge in [-0.05, 0) is 34.0 Å². The van der Waals surface area contributed by atoms with Crippen molar-refractivity contribution in [3.8, 4) is 5.75 Å². The molecule has 0 aromatic heterocycles. The van der Waals surface area contributed by atoms with Gasteiger partial charge >= 0.3 is 0 Å². The molecule has 0 aliphatic rings. The lowest BCUT2D eigenvalue weighted by molar-refractivity contribution is 0.417. The van der Waals surface area contributed by atoms with Crippen LogP contribution in [0.4, 0.5) is 0 Å². The SMILES string of the molecule is CCC(C)[C@@H](N)c1cc(Br)cc(Br)c1O. The van der Waals surface area contributed by atoms with Gasteiger partial charge < -0.3 is 10.8 Å². The fourth-order valence-corrected chi connectivity index (χ4v) is 2.66. The second-order valence-corrected chi connectivity index (χ2v) is 5.51. The number of hydrogen-bond acceptors (Lipinski definition) is 2. The Hall–Kier alpha value is -0.0600. The first-order valence-corrected chi connectivity index (χ1v) is 6.49. The Labute approximate surface area is 107 Å². The molecule has 0 saturated carbocycles. The Morgan fingerprint density at radius 1 is 1.40 bits per heavy atom. The van der Waals surface area contributed by atoms with Gasteiger partial charge in [-0.3, -0.25) is 0 Å². The number of halogens is 2. The highest BCUT2D eigenvalue weighted by molar-refractivity contribution is 9.11. The van der Waals surface area contributed by atoms with Gasteiger partial charge in [-0.15, -0.1) is 0 Å². The lowest BCUT2D eigenvalue weighted by Gasteiger charge is -2.20. The number of nitrogens with two attached hydrogens (primary N) is 1. The van der Waals surface area contributed by atoms with Crippen LogP contribution >= 0.6 is 31.9 Å². The van der Waals surface area contributed by atoms with Crippen LogP contribution in [0, 0.1) is 5.92 Å². The fourth-order valence-electron chi connectivity index (χ4n) is 1.40. The summed E-state index contributed by atoms with van der Waals surface area (Å²) in [6.07, 6.45) is 0.991. The molecule has 0 aliphatic heterocycles. The van der Waals surface area contributed by atoms with Crippen molar-refractivity contribution in [2.75, 3.05) is 0 Å². The topological polar surface area (TPSA) is 46.2 Å². The van der Waals surface area contributed by atoms with Crippen LogP contribution in [0.1, 0.15) is 31.9 Å². The number of phenolic OH excluding ortho intramolecular Hbond substituents is 1. The third-order valence-electron chi connectivity index (χ3n) is 2.67. The minimum atomic E-state index is -0.135. The predicted octanol–water partition coefficient (Wildman–Crippen LogP) is 3.96. The minimum absolute atomic E-state index is 0.135. The summed E-state index contributed by atoms with van der Waals surface area (Å²) in [6, 6.07) is 3.54. The van der Waals surface area contributed by atoms with Gasteiger partial charge in [-0.1, -0.05) is 36.2 Å². The molecule has 2 nitrogen and oxygen atoms in total. The van der Waals surface area contributed by atoms with Crippen molar-refractivity contribution in [3.63, 3.8) is 0 Å². The summed E-state index contributed by atoms with van der Waals surface area (Å²) in [7, 11) is 0. The molecule has 84 valence electrons. The van der Waals surface area contributed by atoms with E-state index >= 15 is 0 Å². The Balaban J connectivity index is 3.13. The first kappa shape index (κ1) is 13.0. The molecule has 4 heteroatoms. The van der Waals surface area contributed by atoms with Gasteiger partial charge in [-0.25, -0.2) is 0 Å². The monoisotopic (exact) mass is 335 g/mol. The standard InChI is InChI=1S/C11H15Br2NO/c1-3-6(2)10(14)8-4-7(12)5-9(13)11(8)15/h4-6,10,15H,3,14H2,1-2H3/t6?,10-/m1/s1. The van der Waals surface area contributed by atoms with Gasteiger partial charge in [0.15, 0.2) is 0 Å². The van der Waals surface area contributed by atoms with Gasteiger partial charge in [0.1, 0.15) is 5.75 Å². The molecule has 1 aromatic carbocycles. The molecule has 0 fully saturated rings. The highest BCUT2D eigenvalue weighted by Gasteiger charge is 2.18. The molecule has 0 aliphatic carbocycles. The van der Waals surface area contributed by atoms with E-state index in [1.807, 2.05) is 12.1 Å². The Kier molecular flexibility index (Phi) is 4.62. The number of rotatable bonds is 3. The number of aromatic hydroxyl groups is 1. The Bertz CT molecular complexity index is 355. The summed E-state index contributed by atoms with van der Waals surface area (Å²) in [6.45, 7) is 4.17. The largest absolute Gasteiger partial charge is 0.506 e. The van der Waals surface area contributed by atoms with Crippen molar-refractivity contribution in [3.05, 3.63) is 26.6 Å². The first-order valence-electron chi connectivity index (χ1n) is 4.90. The zero-order valence-corrected chi connectivity index (χ0v) is 12.0. The van der Waals surface area contributed by atoms with Crippen LogP contribution in [-0.4, -0.2) is 5.11 Å². The van der Waals surface area contributed by atoms with Crippen LogP contribution < -0.4 is 5.73 Å². The molecule has 2 atom stereocenters. The molecule has 0 spiro atoms. The van der Waals surface area contributed by atoms with Crippen molar-refractivity contribution in [1.29, 1.82) is 0 Å². The lowest BCUT2D eigenvalue weighted by atomic mass is 9.93. The summed E-state index contributed by atoms with van der Waals surface area (Å²) >= 11 is 6.69. The molecule has 0 bridgehead atoms. The Morgan fingerprint density at radius 2 is 2.00 bits per heavy atom. The van der Waals surface area contributed by atoms with Crippen LogP contribution in [0.5, 0.6) is 5.75 Å². The molecule has 1 aromatic rings. The van der Waals surface area contributed by atoms with Crippen LogP contribution in [0.15, 0.2) is 21.1 Å². The molecular weight excluding hydrogens is 322 g/mol. The average molecular weight is 337 g/mol. The van der Waals surface area contributed by atoms with E-state index in [1.165, 1.54) is 0 Å². The van der Waals surface area contributed by atoms with E-state index in [1.54, 1.807) is 0 Å². The van der Waals surface area contributed by atoms with Crippen molar-refractivity contribution in [1.82, 2.24) is 0 Å². The second kappa shape index (κ2) is 5.32. The van der Waals surface area contributed by atoms with Crippen LogP contribution in [-0.2, 0) is 0 Å². The molecule has 3 N–H and O–H groups in total. The predicted molar refractivity (Wildman–Crippen MR) is 69.9 cm³/mol. The third-order valence-corrected chi connectivity index (χ3v) is 3.74. The number of phenols is 1. The third kappa shape index (κ3) is 2.95. The van der Waals surface area contributed by atoms with Gasteiger partial charge in [0.25, 0.3) is 0 Å². The maximum Gasteiger partial charge on any atom is 0.134 e. The van der Waals surface area contributed by atoms with Gasteiger partial charge in [0, 0.05) is 16.1 Å². The number of hydrogen-bond donors (Lipinski definition) is 2. The van der Waals surface area contributed by atoms with Crippen LogP contribution in [0.25, 0.3) is 0 Å². The van der Waals surface area contributed by atoms with E-state index in [2.05, 4.69) is 45.7 Å². The molecule has 15 heavy (non-hydrogen) atoms. The van der Waals surface area contributed by atoms with Crippen molar-refractivity contribution < 1.29 is 5.11 Å². The van der Waals surface area contributed by atoms with E-state index in [9.17, 15) is 5.11 Å². The highest BCUT2D eigenvalue weighted by Crippen LogP contribution is 2.37. The molecule has 1 rings (SSSR count). The van der Waals surface area contributed by atoms with Crippen LogP contribution in [0.2, 0.25) is 0 Å². The Morgan fingerprint density at radius 3 is 2.53 bits per heavy atom. The van der Waals surface area contributed by atoms with Gasteiger partial charge in [0.05, 0.1) is 4.47 Å². The van der Waals surface area contributed by atoms with Gasteiger partial charge in [-0.2, -0.15) is 0 Å². The van der Waals surface area contributed by atoms with Crippen molar-refractivity contribution in [2.24, 2.45) is 11.7 Å². The first-order chi connectivity index (χ1) is 6.97. The van der Waals surface area contributed by atoms with E-state index in [0.717, 1.165) is 16.5 Å². The van der Waals surface area contributed by atoms with E-state index < -0.39 is 0 Å². The summed E-state index contributed by atoms with van der Waals surface area (Å²) in [5.74, 6) is 0.586. The van der Waals surface area contributed by atoms with E-state index in [0.29, 0.717) is 10.4 Å². The maximum atomic E-state index is 9.89. The minimum Gasteiger partial charge on any atom is -0.506 e. The summed E-state index contributed by atoms with van der Waals surface area (Å²) in [4.78, 5) is 0. The quantitative estimate of drug-likeness (QED) is 0.877. The van der Waals surface area contributed by atoms with E-state index in [-0.39, 0.29) is 11.8 Å². The molecule has 0 heterocycles. The molecule has 0 radical (unpaired) electrons. The normalized spacial score (nSPS) is 15.0. The van der Waals surface area contributed by atoms with Crippen molar-refractivity contribution in [2.45, 2.75) is 26.3 Å². The fraction of sp³-hybridized carbons (Fsp3) is 0.455. The number of benzene rings is 1.